The SMILES string of the molecule is COc1cc(-c2cc(=O)c3c(O)c([C@@H]4OC[C@@H](O)[C@H](O)[C@H]4O)c(O)c([C@@H]4O[C@H](CO)[C@@H](O)[C@H](O)[C@H]4O)c3o2)ccc1O. The molecule has 228 valence electrons. The van der Waals surface area contributed by atoms with Crippen LogP contribution in [-0.2, 0) is 9.47 Å². The molecule has 15 nitrogen and oxygen atoms in total. The maximum absolute atomic E-state index is 13.5. The van der Waals surface area contributed by atoms with Crippen molar-refractivity contribution in [2.75, 3.05) is 20.3 Å². The molecule has 0 radical (unpaired) electrons. The van der Waals surface area contributed by atoms with Crippen molar-refractivity contribution in [2.24, 2.45) is 0 Å². The van der Waals surface area contributed by atoms with Gasteiger partial charge >= 0.3 is 0 Å². The molecular formula is C27H30O15. The fraction of sp³-hybridized carbons (Fsp3) is 0.444. The molecule has 5 rings (SSSR count). The number of hydrogen-bond donors (Lipinski definition) is 10. The van der Waals surface area contributed by atoms with Gasteiger partial charge in [-0.15, -0.1) is 0 Å². The largest absolute Gasteiger partial charge is 0.507 e. The first-order valence-electron chi connectivity index (χ1n) is 12.8. The molecule has 2 aromatic carbocycles. The number of rotatable bonds is 5. The van der Waals surface area contributed by atoms with Crippen molar-refractivity contribution in [3.8, 4) is 34.3 Å². The van der Waals surface area contributed by atoms with Crippen LogP contribution < -0.4 is 10.2 Å². The van der Waals surface area contributed by atoms with Crippen LogP contribution in [0.15, 0.2) is 33.5 Å². The summed E-state index contributed by atoms with van der Waals surface area (Å²) in [6.45, 7) is -1.37. The van der Waals surface area contributed by atoms with E-state index in [1.807, 2.05) is 0 Å². The molecule has 0 bridgehead atoms. The molecule has 3 heterocycles. The van der Waals surface area contributed by atoms with Crippen molar-refractivity contribution >= 4 is 11.0 Å². The highest BCUT2D eigenvalue weighted by atomic mass is 16.5. The van der Waals surface area contributed by atoms with E-state index in [0.29, 0.717) is 0 Å². The Morgan fingerprint density at radius 2 is 1.55 bits per heavy atom. The van der Waals surface area contributed by atoms with Gasteiger partial charge in [-0.1, -0.05) is 0 Å². The first kappa shape index (κ1) is 30.0. The number of aliphatic hydroxyl groups excluding tert-OH is 7. The summed E-state index contributed by atoms with van der Waals surface area (Å²) in [5.74, 6) is -2.22. The summed E-state index contributed by atoms with van der Waals surface area (Å²) in [5, 5.41) is 104. The second-order valence-electron chi connectivity index (χ2n) is 10.1. The van der Waals surface area contributed by atoms with Crippen LogP contribution in [0.25, 0.3) is 22.3 Å². The fourth-order valence-electron chi connectivity index (χ4n) is 5.31. The highest BCUT2D eigenvalue weighted by Crippen LogP contribution is 2.50. The lowest BCUT2D eigenvalue weighted by Crippen LogP contribution is -2.55. The van der Waals surface area contributed by atoms with Gasteiger partial charge in [0.25, 0.3) is 0 Å². The average molecular weight is 595 g/mol. The Labute approximate surface area is 236 Å². The lowest BCUT2D eigenvalue weighted by Gasteiger charge is -2.41. The van der Waals surface area contributed by atoms with E-state index in [2.05, 4.69) is 0 Å². The van der Waals surface area contributed by atoms with Crippen LogP contribution in [0.5, 0.6) is 23.0 Å². The molecule has 2 aliphatic heterocycles. The van der Waals surface area contributed by atoms with Crippen LogP contribution >= 0.6 is 0 Å². The third kappa shape index (κ3) is 4.74. The van der Waals surface area contributed by atoms with Crippen LogP contribution in [-0.4, -0.2) is 114 Å². The molecule has 0 amide bonds. The molecule has 42 heavy (non-hydrogen) atoms. The quantitative estimate of drug-likeness (QED) is 0.157. The number of phenolic OH excluding ortho intramolecular Hbond substituents is 3. The number of phenols is 3. The lowest BCUT2D eigenvalue weighted by molar-refractivity contribution is -0.231. The van der Waals surface area contributed by atoms with Gasteiger partial charge in [-0.3, -0.25) is 4.79 Å². The predicted molar refractivity (Wildman–Crippen MR) is 139 cm³/mol. The number of aromatic hydroxyl groups is 3. The molecule has 15 heteroatoms. The standard InChI is InChI=1S/C27H30O15/c1-39-13-4-8(2-3-9(13)29)12-5-10(30)15-20(34)16(26-23(37)18(32)11(31)7-40-26)21(35)17(25(15)41-12)27-24(38)22(36)19(33)14(6-28)42-27/h2-5,11,14,18-19,22-24,26-29,31-38H,6-7H2,1H3/t11-,14-,18+,19-,22+,23-,24-,26+,27+/m1/s1. The molecule has 0 spiro atoms. The van der Waals surface area contributed by atoms with Crippen molar-refractivity contribution in [1.82, 2.24) is 0 Å². The summed E-state index contributed by atoms with van der Waals surface area (Å²) in [6, 6.07) is 4.95. The van der Waals surface area contributed by atoms with E-state index in [9.17, 15) is 55.9 Å². The highest BCUT2D eigenvalue weighted by Gasteiger charge is 2.48. The second-order valence-corrected chi connectivity index (χ2v) is 10.1. The number of hydrogen-bond acceptors (Lipinski definition) is 15. The second kappa shape index (κ2) is 11.3. The summed E-state index contributed by atoms with van der Waals surface area (Å²) in [6.07, 6.45) is -15.9. The van der Waals surface area contributed by atoms with Gasteiger partial charge in [0.15, 0.2) is 22.5 Å². The monoisotopic (exact) mass is 594 g/mol. The van der Waals surface area contributed by atoms with E-state index in [0.717, 1.165) is 6.07 Å². The Balaban J connectivity index is 1.82. The zero-order chi connectivity index (χ0) is 30.6. The minimum absolute atomic E-state index is 0.0228. The molecule has 2 aliphatic rings. The zero-order valence-corrected chi connectivity index (χ0v) is 21.9. The number of ether oxygens (including phenoxy) is 3. The Kier molecular flexibility index (Phi) is 8.06. The smallest absolute Gasteiger partial charge is 0.197 e. The van der Waals surface area contributed by atoms with E-state index < -0.39 is 107 Å². The Hall–Kier alpha value is -3.51. The molecule has 0 unspecified atom stereocenters. The van der Waals surface area contributed by atoms with Crippen LogP contribution in [0.1, 0.15) is 23.3 Å². The minimum Gasteiger partial charge on any atom is -0.507 e. The van der Waals surface area contributed by atoms with Crippen LogP contribution in [0.2, 0.25) is 0 Å². The molecule has 0 aliphatic carbocycles. The minimum atomic E-state index is -1.98. The zero-order valence-electron chi connectivity index (χ0n) is 21.9. The van der Waals surface area contributed by atoms with Crippen molar-refractivity contribution in [3.63, 3.8) is 0 Å². The van der Waals surface area contributed by atoms with Gasteiger partial charge in [0, 0.05) is 11.6 Å². The van der Waals surface area contributed by atoms with Gasteiger partial charge in [-0.2, -0.15) is 0 Å². The summed E-state index contributed by atoms with van der Waals surface area (Å²) in [7, 11) is 1.29. The molecule has 3 aromatic rings. The van der Waals surface area contributed by atoms with Gasteiger partial charge in [-0.25, -0.2) is 0 Å². The molecule has 10 N–H and O–H groups in total. The van der Waals surface area contributed by atoms with Gasteiger partial charge in [0.05, 0.1) is 31.5 Å². The molecule has 2 fully saturated rings. The molecule has 0 saturated carbocycles. The van der Waals surface area contributed by atoms with E-state index in [-0.39, 0.29) is 22.8 Å². The van der Waals surface area contributed by atoms with Crippen LogP contribution in [0.4, 0.5) is 0 Å². The fourth-order valence-corrected chi connectivity index (χ4v) is 5.31. The maximum atomic E-state index is 13.5. The van der Waals surface area contributed by atoms with E-state index >= 15 is 0 Å². The molecular weight excluding hydrogens is 564 g/mol. The van der Waals surface area contributed by atoms with Crippen molar-refractivity contribution in [2.45, 2.75) is 54.9 Å². The van der Waals surface area contributed by atoms with E-state index in [4.69, 9.17) is 18.6 Å². The van der Waals surface area contributed by atoms with Gasteiger partial charge in [0.2, 0.25) is 0 Å². The van der Waals surface area contributed by atoms with E-state index in [1.165, 1.54) is 25.3 Å². The normalized spacial score (nSPS) is 31.8. The summed E-state index contributed by atoms with van der Waals surface area (Å²) >= 11 is 0. The number of methoxy groups -OCH3 is 1. The van der Waals surface area contributed by atoms with Gasteiger partial charge in [0.1, 0.15) is 77.6 Å². The molecule has 9 atom stereocenters. The third-order valence-electron chi connectivity index (χ3n) is 7.62. The predicted octanol–water partition coefficient (Wildman–Crippen LogP) is -1.75. The highest BCUT2D eigenvalue weighted by molar-refractivity contribution is 5.92. The topological polar surface area (TPSA) is 260 Å². The average Bonchev–Trinajstić information content (AvgIpc) is 2.96. The van der Waals surface area contributed by atoms with E-state index in [1.54, 1.807) is 0 Å². The first-order chi connectivity index (χ1) is 19.9. The van der Waals surface area contributed by atoms with Crippen molar-refractivity contribution in [3.05, 3.63) is 45.6 Å². The summed E-state index contributed by atoms with van der Waals surface area (Å²) < 4.78 is 22.1. The Morgan fingerprint density at radius 1 is 0.857 bits per heavy atom. The summed E-state index contributed by atoms with van der Waals surface area (Å²) in [5.41, 5.74) is -2.39. The number of benzene rings is 2. The van der Waals surface area contributed by atoms with Crippen LogP contribution in [0.3, 0.4) is 0 Å². The maximum Gasteiger partial charge on any atom is 0.197 e. The van der Waals surface area contributed by atoms with Crippen LogP contribution in [0, 0.1) is 0 Å². The number of fused-ring (bicyclic) bond motifs is 1. The van der Waals surface area contributed by atoms with Crippen molar-refractivity contribution in [1.29, 1.82) is 0 Å². The molecule has 2 saturated heterocycles. The molecule has 1 aromatic heterocycles. The van der Waals surface area contributed by atoms with Gasteiger partial charge in [-0.05, 0) is 18.2 Å². The van der Waals surface area contributed by atoms with Gasteiger partial charge < -0.3 is 69.7 Å². The Bertz CT molecular complexity index is 1530. The van der Waals surface area contributed by atoms with Crippen molar-refractivity contribution < 1.29 is 69.7 Å². The summed E-state index contributed by atoms with van der Waals surface area (Å²) in [4.78, 5) is 13.5. The Morgan fingerprint density at radius 3 is 2.21 bits per heavy atom. The lowest BCUT2D eigenvalue weighted by atomic mass is 9.85. The number of aliphatic hydroxyl groups is 7. The third-order valence-corrected chi connectivity index (χ3v) is 7.62. The first-order valence-corrected chi connectivity index (χ1v) is 12.8.